The van der Waals surface area contributed by atoms with E-state index in [9.17, 15) is 8.42 Å². The SMILES string of the molecule is O=S(=O)(NCc1ccc2c(c1)OCO2)c1ccc(I)cc1. The number of hydrogen-bond donors (Lipinski definition) is 1. The van der Waals surface area contributed by atoms with Crippen LogP contribution in [0.15, 0.2) is 47.4 Å². The average Bonchev–Trinajstić information content (AvgIpc) is 2.93. The van der Waals surface area contributed by atoms with E-state index >= 15 is 0 Å². The van der Waals surface area contributed by atoms with Crippen LogP contribution in [0.5, 0.6) is 11.5 Å². The van der Waals surface area contributed by atoms with Crippen LogP contribution in [0.1, 0.15) is 5.56 Å². The monoisotopic (exact) mass is 417 g/mol. The number of benzene rings is 2. The number of rotatable bonds is 4. The van der Waals surface area contributed by atoms with Crippen LogP contribution < -0.4 is 14.2 Å². The zero-order valence-corrected chi connectivity index (χ0v) is 13.8. The lowest BCUT2D eigenvalue weighted by Gasteiger charge is -2.07. The Kier molecular flexibility index (Phi) is 4.05. The van der Waals surface area contributed by atoms with Crippen molar-refractivity contribution in [2.24, 2.45) is 0 Å². The van der Waals surface area contributed by atoms with Gasteiger partial charge in [0.2, 0.25) is 16.8 Å². The molecule has 0 unspecified atom stereocenters. The molecule has 0 radical (unpaired) electrons. The first-order valence-electron chi connectivity index (χ1n) is 6.18. The number of fused-ring (bicyclic) bond motifs is 1. The van der Waals surface area contributed by atoms with Gasteiger partial charge >= 0.3 is 0 Å². The van der Waals surface area contributed by atoms with Gasteiger partial charge < -0.3 is 9.47 Å². The van der Waals surface area contributed by atoms with Crippen molar-refractivity contribution < 1.29 is 17.9 Å². The first kappa shape index (κ1) is 14.6. The molecule has 110 valence electrons. The Balaban J connectivity index is 1.73. The van der Waals surface area contributed by atoms with Crippen LogP contribution >= 0.6 is 22.6 Å². The molecular weight excluding hydrogens is 405 g/mol. The summed E-state index contributed by atoms with van der Waals surface area (Å²) in [6.45, 7) is 0.401. The Morgan fingerprint density at radius 1 is 1.05 bits per heavy atom. The summed E-state index contributed by atoms with van der Waals surface area (Å²) in [6.07, 6.45) is 0. The standard InChI is InChI=1S/C14H12INO4S/c15-11-2-4-12(5-3-11)21(17,18)16-8-10-1-6-13-14(7-10)20-9-19-13/h1-7,16H,8-9H2. The van der Waals surface area contributed by atoms with E-state index in [1.165, 1.54) is 0 Å². The van der Waals surface area contributed by atoms with E-state index in [-0.39, 0.29) is 18.2 Å². The smallest absolute Gasteiger partial charge is 0.240 e. The molecule has 0 spiro atoms. The molecule has 2 aromatic carbocycles. The lowest BCUT2D eigenvalue weighted by molar-refractivity contribution is 0.174. The molecule has 0 aliphatic carbocycles. The largest absolute Gasteiger partial charge is 0.454 e. The Bertz CT molecular complexity index is 759. The number of ether oxygens (including phenoxy) is 2. The Hall–Kier alpha value is -1.32. The summed E-state index contributed by atoms with van der Waals surface area (Å²) in [5.74, 6) is 1.32. The lowest BCUT2D eigenvalue weighted by Crippen LogP contribution is -2.23. The number of halogens is 1. The maximum Gasteiger partial charge on any atom is 0.240 e. The van der Waals surface area contributed by atoms with Crippen molar-refractivity contribution in [3.05, 3.63) is 51.6 Å². The van der Waals surface area contributed by atoms with Crippen molar-refractivity contribution in [3.63, 3.8) is 0 Å². The maximum absolute atomic E-state index is 12.2. The highest BCUT2D eigenvalue weighted by atomic mass is 127. The van der Waals surface area contributed by atoms with Gasteiger partial charge in [-0.1, -0.05) is 6.07 Å². The summed E-state index contributed by atoms with van der Waals surface area (Å²) in [5.41, 5.74) is 0.813. The molecule has 0 bridgehead atoms. The van der Waals surface area contributed by atoms with Crippen LogP contribution in [0.4, 0.5) is 0 Å². The van der Waals surface area contributed by atoms with E-state index in [0.717, 1.165) is 9.13 Å². The van der Waals surface area contributed by atoms with Gasteiger partial charge in [-0.05, 0) is 64.6 Å². The van der Waals surface area contributed by atoms with Crippen molar-refractivity contribution in [2.75, 3.05) is 6.79 Å². The van der Waals surface area contributed by atoms with Crippen LogP contribution in [-0.4, -0.2) is 15.2 Å². The molecule has 0 aromatic heterocycles. The first-order chi connectivity index (χ1) is 10.0. The van der Waals surface area contributed by atoms with Crippen molar-refractivity contribution in [3.8, 4) is 11.5 Å². The van der Waals surface area contributed by atoms with Gasteiger partial charge in [-0.3, -0.25) is 0 Å². The van der Waals surface area contributed by atoms with Crippen molar-refractivity contribution in [1.29, 1.82) is 0 Å². The van der Waals surface area contributed by atoms with Crippen LogP contribution in [0.25, 0.3) is 0 Å². The van der Waals surface area contributed by atoms with E-state index in [1.807, 2.05) is 6.07 Å². The summed E-state index contributed by atoms with van der Waals surface area (Å²) < 4.78 is 38.4. The third kappa shape index (κ3) is 3.30. The molecule has 3 rings (SSSR count). The van der Waals surface area contributed by atoms with Gasteiger partial charge in [0.1, 0.15) is 0 Å². The minimum atomic E-state index is -3.51. The van der Waals surface area contributed by atoms with Gasteiger partial charge in [0.15, 0.2) is 11.5 Å². The van der Waals surface area contributed by atoms with Crippen LogP contribution in [0, 0.1) is 3.57 Å². The van der Waals surface area contributed by atoms with Crippen LogP contribution in [0.3, 0.4) is 0 Å². The Labute approximate surface area is 136 Å². The predicted molar refractivity (Wildman–Crippen MR) is 85.7 cm³/mol. The number of nitrogens with one attached hydrogen (secondary N) is 1. The molecule has 0 atom stereocenters. The van der Waals surface area contributed by atoms with Crippen molar-refractivity contribution in [2.45, 2.75) is 11.4 Å². The van der Waals surface area contributed by atoms with E-state index in [0.29, 0.717) is 11.5 Å². The zero-order chi connectivity index (χ0) is 14.9. The summed E-state index contributed by atoms with van der Waals surface area (Å²) in [6, 6.07) is 12.1. The predicted octanol–water partition coefficient (Wildman–Crippen LogP) is 2.50. The molecule has 1 aliphatic heterocycles. The summed E-state index contributed by atoms with van der Waals surface area (Å²) >= 11 is 2.13. The minimum Gasteiger partial charge on any atom is -0.454 e. The fraction of sp³-hybridized carbons (Fsp3) is 0.143. The molecule has 1 aliphatic rings. The molecule has 1 heterocycles. The Morgan fingerprint density at radius 2 is 1.76 bits per heavy atom. The summed E-state index contributed by atoms with van der Waals surface area (Å²) in [5, 5.41) is 0. The topological polar surface area (TPSA) is 64.6 Å². The highest BCUT2D eigenvalue weighted by Crippen LogP contribution is 2.32. The van der Waals surface area contributed by atoms with E-state index in [2.05, 4.69) is 27.3 Å². The maximum atomic E-state index is 12.2. The molecule has 21 heavy (non-hydrogen) atoms. The highest BCUT2D eigenvalue weighted by Gasteiger charge is 2.16. The fourth-order valence-corrected chi connectivity index (χ4v) is 3.30. The van der Waals surface area contributed by atoms with Gasteiger partial charge in [0, 0.05) is 10.1 Å². The molecule has 5 nitrogen and oxygen atoms in total. The normalized spacial score (nSPS) is 13.4. The van der Waals surface area contributed by atoms with Gasteiger partial charge in [-0.2, -0.15) is 0 Å². The molecule has 1 N–H and O–H groups in total. The molecule has 0 saturated heterocycles. The van der Waals surface area contributed by atoms with E-state index in [1.54, 1.807) is 36.4 Å². The molecule has 0 amide bonds. The molecular formula is C14H12INO4S. The molecule has 0 saturated carbocycles. The third-order valence-electron chi connectivity index (χ3n) is 3.03. The fourth-order valence-electron chi connectivity index (χ4n) is 1.93. The third-order valence-corrected chi connectivity index (χ3v) is 5.16. The van der Waals surface area contributed by atoms with Crippen molar-refractivity contribution in [1.82, 2.24) is 4.72 Å². The molecule has 0 fully saturated rings. The number of sulfonamides is 1. The van der Waals surface area contributed by atoms with Gasteiger partial charge in [-0.25, -0.2) is 13.1 Å². The van der Waals surface area contributed by atoms with Gasteiger partial charge in [0.25, 0.3) is 0 Å². The van der Waals surface area contributed by atoms with Gasteiger partial charge in [0.05, 0.1) is 4.90 Å². The lowest BCUT2D eigenvalue weighted by atomic mass is 10.2. The summed E-state index contributed by atoms with van der Waals surface area (Å²) in [7, 11) is -3.51. The zero-order valence-electron chi connectivity index (χ0n) is 10.9. The highest BCUT2D eigenvalue weighted by molar-refractivity contribution is 14.1. The average molecular weight is 417 g/mol. The second-order valence-electron chi connectivity index (χ2n) is 4.47. The minimum absolute atomic E-state index is 0.199. The van der Waals surface area contributed by atoms with E-state index < -0.39 is 10.0 Å². The van der Waals surface area contributed by atoms with Crippen LogP contribution in [0.2, 0.25) is 0 Å². The molecule has 2 aromatic rings. The second kappa shape index (κ2) is 5.82. The van der Waals surface area contributed by atoms with Gasteiger partial charge in [-0.15, -0.1) is 0 Å². The molecule has 7 heteroatoms. The summed E-state index contributed by atoms with van der Waals surface area (Å²) in [4.78, 5) is 0.253. The quantitative estimate of drug-likeness (QED) is 0.777. The van der Waals surface area contributed by atoms with Crippen LogP contribution in [-0.2, 0) is 16.6 Å². The second-order valence-corrected chi connectivity index (χ2v) is 7.48. The van der Waals surface area contributed by atoms with Crippen molar-refractivity contribution >= 4 is 32.6 Å². The van der Waals surface area contributed by atoms with E-state index in [4.69, 9.17) is 9.47 Å². The Morgan fingerprint density at radius 3 is 2.52 bits per heavy atom. The first-order valence-corrected chi connectivity index (χ1v) is 8.74. The number of hydrogen-bond acceptors (Lipinski definition) is 4.